The molecule has 5 heteroatoms. The summed E-state index contributed by atoms with van der Waals surface area (Å²) in [6, 6.07) is 0.0141. The Morgan fingerprint density at radius 2 is 1.90 bits per heavy atom. The van der Waals surface area contributed by atoms with Crippen LogP contribution in [0.2, 0.25) is 0 Å². The maximum Gasteiger partial charge on any atom is 0.304 e. The average molecular weight is 279 g/mol. The van der Waals surface area contributed by atoms with Crippen molar-refractivity contribution in [1.82, 2.24) is 5.32 Å². The van der Waals surface area contributed by atoms with Crippen molar-refractivity contribution in [2.75, 3.05) is 0 Å². The normalized spacial score (nSPS) is 16.6. The molecule has 0 radical (unpaired) electrons. The second-order valence-corrected chi connectivity index (χ2v) is 6.00. The van der Waals surface area contributed by atoms with E-state index in [1.165, 1.54) is 6.08 Å². The lowest BCUT2D eigenvalue weighted by Gasteiger charge is -2.30. The smallest absolute Gasteiger partial charge is 0.304 e. The van der Waals surface area contributed by atoms with Crippen molar-refractivity contribution in [3.63, 3.8) is 0 Å². The van der Waals surface area contributed by atoms with Crippen LogP contribution in [0.25, 0.3) is 0 Å². The van der Waals surface area contributed by atoms with E-state index in [2.05, 4.69) is 5.32 Å². The van der Waals surface area contributed by atoms with Crippen molar-refractivity contribution >= 4 is 17.5 Å². The molecule has 20 heavy (non-hydrogen) atoms. The molecule has 0 atom stereocenters. The summed E-state index contributed by atoms with van der Waals surface area (Å²) in [5, 5.41) is 11.9. The lowest BCUT2D eigenvalue weighted by molar-refractivity contribution is -0.138. The molecule has 110 valence electrons. The predicted molar refractivity (Wildman–Crippen MR) is 75.1 cm³/mol. The van der Waals surface area contributed by atoms with Crippen LogP contribution < -0.4 is 5.32 Å². The summed E-state index contributed by atoms with van der Waals surface area (Å²) in [5.41, 5.74) is -0.0314. The standard InChI is InChI=1S/C15H21NO4/c1-8(2)16-10-6-11(17)9(3)13(14(10)20)15(4,5)7-12(18)19/h6,8,16H,7H2,1-5H3,(H,18,19). The van der Waals surface area contributed by atoms with Crippen LogP contribution in [-0.2, 0) is 14.4 Å². The number of carbonyl (C=O) groups excluding carboxylic acids is 2. The van der Waals surface area contributed by atoms with Gasteiger partial charge in [0.05, 0.1) is 12.1 Å². The van der Waals surface area contributed by atoms with Crippen molar-refractivity contribution in [3.8, 4) is 0 Å². The van der Waals surface area contributed by atoms with E-state index < -0.39 is 11.4 Å². The number of hydrogen-bond acceptors (Lipinski definition) is 4. The van der Waals surface area contributed by atoms with E-state index in [0.717, 1.165) is 0 Å². The van der Waals surface area contributed by atoms with Crippen LogP contribution in [0.1, 0.15) is 41.0 Å². The van der Waals surface area contributed by atoms with Gasteiger partial charge in [-0.1, -0.05) is 13.8 Å². The molecule has 0 saturated heterocycles. The molecule has 1 rings (SSSR count). The molecule has 0 amide bonds. The van der Waals surface area contributed by atoms with E-state index in [9.17, 15) is 14.4 Å². The van der Waals surface area contributed by atoms with Gasteiger partial charge < -0.3 is 10.4 Å². The average Bonchev–Trinajstić information content (AvgIpc) is 2.23. The third-order valence-corrected chi connectivity index (χ3v) is 3.21. The maximum absolute atomic E-state index is 12.5. The number of hydrogen-bond donors (Lipinski definition) is 2. The molecule has 0 saturated carbocycles. The third-order valence-electron chi connectivity index (χ3n) is 3.21. The summed E-state index contributed by atoms with van der Waals surface area (Å²) in [4.78, 5) is 35.5. The Bertz CT molecular complexity index is 524. The van der Waals surface area contributed by atoms with Crippen LogP contribution in [0.3, 0.4) is 0 Å². The van der Waals surface area contributed by atoms with Crippen LogP contribution in [0.15, 0.2) is 22.9 Å². The van der Waals surface area contributed by atoms with Gasteiger partial charge in [0.2, 0.25) is 5.78 Å². The third kappa shape index (κ3) is 3.35. The predicted octanol–water partition coefficient (Wildman–Crippen LogP) is 1.84. The first-order chi connectivity index (χ1) is 9.06. The highest BCUT2D eigenvalue weighted by atomic mass is 16.4. The van der Waals surface area contributed by atoms with Crippen molar-refractivity contribution in [3.05, 3.63) is 22.9 Å². The lowest BCUT2D eigenvalue weighted by atomic mass is 9.73. The number of nitrogens with one attached hydrogen (secondary N) is 1. The van der Waals surface area contributed by atoms with E-state index >= 15 is 0 Å². The van der Waals surface area contributed by atoms with Gasteiger partial charge >= 0.3 is 5.97 Å². The summed E-state index contributed by atoms with van der Waals surface area (Å²) in [7, 11) is 0. The molecular formula is C15H21NO4. The van der Waals surface area contributed by atoms with Crippen molar-refractivity contribution in [1.29, 1.82) is 0 Å². The van der Waals surface area contributed by atoms with Crippen LogP contribution in [0.5, 0.6) is 0 Å². The van der Waals surface area contributed by atoms with Gasteiger partial charge in [-0.3, -0.25) is 14.4 Å². The minimum atomic E-state index is -0.997. The summed E-state index contributed by atoms with van der Waals surface area (Å²) in [5.74, 6) is -1.54. The highest BCUT2D eigenvalue weighted by Gasteiger charge is 2.37. The molecule has 0 spiro atoms. The zero-order chi connectivity index (χ0) is 15.7. The zero-order valence-corrected chi connectivity index (χ0v) is 12.5. The molecule has 0 aliphatic heterocycles. The first-order valence-corrected chi connectivity index (χ1v) is 6.56. The fraction of sp³-hybridized carbons (Fsp3) is 0.533. The first kappa shape index (κ1) is 16.1. The highest BCUT2D eigenvalue weighted by Crippen LogP contribution is 2.36. The Labute approximate surface area is 118 Å². The molecule has 0 unspecified atom stereocenters. The minimum absolute atomic E-state index is 0.0141. The Kier molecular flexibility index (Phi) is 4.53. The Morgan fingerprint density at radius 1 is 1.35 bits per heavy atom. The van der Waals surface area contributed by atoms with Gasteiger partial charge in [0, 0.05) is 28.7 Å². The second-order valence-electron chi connectivity index (χ2n) is 6.00. The number of allylic oxidation sites excluding steroid dienone is 3. The molecule has 0 heterocycles. The summed E-state index contributed by atoms with van der Waals surface area (Å²) in [6.07, 6.45) is 1.09. The number of rotatable bonds is 5. The Balaban J connectivity index is 3.23. The largest absolute Gasteiger partial charge is 0.481 e. The Hall–Kier alpha value is -1.91. The van der Waals surface area contributed by atoms with E-state index in [1.54, 1.807) is 20.8 Å². The van der Waals surface area contributed by atoms with Crippen LogP contribution in [-0.4, -0.2) is 28.7 Å². The first-order valence-electron chi connectivity index (χ1n) is 6.56. The zero-order valence-electron chi connectivity index (χ0n) is 12.5. The number of carboxylic acids is 1. The van der Waals surface area contributed by atoms with Gasteiger partial charge in [0.1, 0.15) is 0 Å². The van der Waals surface area contributed by atoms with Crippen molar-refractivity contribution < 1.29 is 19.5 Å². The molecule has 0 aromatic rings. The van der Waals surface area contributed by atoms with Crippen LogP contribution >= 0.6 is 0 Å². The fourth-order valence-corrected chi connectivity index (χ4v) is 2.43. The molecule has 0 bridgehead atoms. The van der Waals surface area contributed by atoms with Gasteiger partial charge in [-0.05, 0) is 20.8 Å². The molecule has 0 aromatic carbocycles. The van der Waals surface area contributed by atoms with Crippen LogP contribution in [0.4, 0.5) is 0 Å². The highest BCUT2D eigenvalue weighted by molar-refractivity contribution is 6.22. The fourth-order valence-electron chi connectivity index (χ4n) is 2.43. The molecular weight excluding hydrogens is 258 g/mol. The summed E-state index contributed by atoms with van der Waals surface area (Å²) < 4.78 is 0. The monoisotopic (exact) mass is 279 g/mol. The minimum Gasteiger partial charge on any atom is -0.481 e. The summed E-state index contributed by atoms with van der Waals surface area (Å²) in [6.45, 7) is 8.65. The molecule has 5 nitrogen and oxygen atoms in total. The maximum atomic E-state index is 12.5. The Morgan fingerprint density at radius 3 is 2.35 bits per heavy atom. The molecule has 0 fully saturated rings. The molecule has 1 aliphatic rings. The van der Waals surface area contributed by atoms with Gasteiger partial charge in [-0.2, -0.15) is 0 Å². The topological polar surface area (TPSA) is 83.5 Å². The molecule has 2 N–H and O–H groups in total. The molecule has 1 aliphatic carbocycles. The lowest BCUT2D eigenvalue weighted by Crippen LogP contribution is -2.36. The van der Waals surface area contributed by atoms with Crippen molar-refractivity contribution in [2.45, 2.75) is 47.1 Å². The van der Waals surface area contributed by atoms with Gasteiger partial charge in [0.25, 0.3) is 0 Å². The van der Waals surface area contributed by atoms with Crippen LogP contribution in [0, 0.1) is 5.41 Å². The van der Waals surface area contributed by atoms with Gasteiger partial charge in [0.15, 0.2) is 5.78 Å². The SMILES string of the molecule is CC1=C(C(C)(C)CC(=O)O)C(=O)C(NC(C)C)=CC1=O. The van der Waals surface area contributed by atoms with Gasteiger partial charge in [-0.25, -0.2) is 0 Å². The van der Waals surface area contributed by atoms with E-state index in [0.29, 0.717) is 5.57 Å². The van der Waals surface area contributed by atoms with E-state index in [-0.39, 0.29) is 35.3 Å². The number of carboxylic acid groups (broad SMARTS) is 1. The number of ketones is 2. The number of aliphatic carboxylic acids is 1. The van der Waals surface area contributed by atoms with E-state index in [4.69, 9.17) is 5.11 Å². The number of Topliss-reactive ketones (excluding diaryl/α,β-unsaturated/α-hetero) is 1. The van der Waals surface area contributed by atoms with Gasteiger partial charge in [-0.15, -0.1) is 0 Å². The van der Waals surface area contributed by atoms with E-state index in [1.807, 2.05) is 13.8 Å². The van der Waals surface area contributed by atoms with Crippen molar-refractivity contribution in [2.24, 2.45) is 5.41 Å². The molecule has 0 aromatic heterocycles. The quantitative estimate of drug-likeness (QED) is 0.750. The second kappa shape index (κ2) is 5.61. The summed E-state index contributed by atoms with van der Waals surface area (Å²) >= 11 is 0. The number of carbonyl (C=O) groups is 3.